The van der Waals surface area contributed by atoms with Crippen LogP contribution in [0.1, 0.15) is 43.2 Å². The molecule has 0 unspecified atom stereocenters. The summed E-state index contributed by atoms with van der Waals surface area (Å²) in [5.74, 6) is 1.94. The Kier molecular flexibility index (Phi) is 9.08. The molecule has 3 heteroatoms. The summed E-state index contributed by atoms with van der Waals surface area (Å²) in [6, 6.07) is 71.9. The molecule has 3 nitrogen and oxygen atoms in total. The number of hydrogen-bond donors (Lipinski definition) is 0. The third-order valence-electron chi connectivity index (χ3n) is 12.7. The predicted molar refractivity (Wildman–Crippen MR) is 247 cm³/mol. The second-order valence-electron chi connectivity index (χ2n) is 16.3. The van der Waals surface area contributed by atoms with Crippen LogP contribution < -0.4 is 0 Å². The van der Waals surface area contributed by atoms with Gasteiger partial charge in [-0.1, -0.05) is 195 Å². The van der Waals surface area contributed by atoms with Crippen LogP contribution in [0.5, 0.6) is 0 Å². The quantitative estimate of drug-likeness (QED) is 0.162. The summed E-state index contributed by atoms with van der Waals surface area (Å²) in [6.07, 6.45) is 6.40. The fourth-order valence-corrected chi connectivity index (χ4v) is 9.72. The van der Waals surface area contributed by atoms with Gasteiger partial charge in [0.2, 0.25) is 0 Å². The van der Waals surface area contributed by atoms with Gasteiger partial charge in [-0.15, -0.1) is 0 Å². The molecule has 0 bridgehead atoms. The number of hydrogen-bond acceptors (Lipinski definition) is 3. The standard InChI is InChI=1S/C57H43N3/c1-4-15-39(16-5-1)40-27-29-42(30-28-40)55-58-54(41-17-6-2-7-18-41)59-56(60-55)49-24-14-23-47(37-49)45-21-12-19-43(35-45)44-20-13-22-46(36-44)48-31-32-51-50-25-8-9-26-52(50)57(53(51)38-48)33-10-3-11-34-57/h1-2,4-9,12-32,35-38H,3,10-11,33-34H2. The molecule has 1 spiro atoms. The zero-order valence-electron chi connectivity index (χ0n) is 33.4. The van der Waals surface area contributed by atoms with E-state index in [-0.39, 0.29) is 5.41 Å². The van der Waals surface area contributed by atoms with E-state index in [0.29, 0.717) is 17.5 Å². The van der Waals surface area contributed by atoms with E-state index in [0.717, 1.165) is 33.4 Å². The van der Waals surface area contributed by atoms with E-state index >= 15 is 0 Å². The Morgan fingerprint density at radius 3 is 1.25 bits per heavy atom. The monoisotopic (exact) mass is 769 g/mol. The van der Waals surface area contributed by atoms with Crippen molar-refractivity contribution in [2.45, 2.75) is 37.5 Å². The topological polar surface area (TPSA) is 38.7 Å². The van der Waals surface area contributed by atoms with Crippen molar-refractivity contribution in [2.75, 3.05) is 0 Å². The minimum absolute atomic E-state index is 0.140. The van der Waals surface area contributed by atoms with Gasteiger partial charge in [-0.05, 0) is 104 Å². The van der Waals surface area contributed by atoms with Gasteiger partial charge in [-0.3, -0.25) is 0 Å². The smallest absolute Gasteiger partial charge is 0.164 e. The molecule has 0 atom stereocenters. The van der Waals surface area contributed by atoms with Crippen LogP contribution in [0.2, 0.25) is 0 Å². The molecule has 0 aliphatic heterocycles. The van der Waals surface area contributed by atoms with Gasteiger partial charge in [0, 0.05) is 22.1 Å². The third kappa shape index (κ3) is 6.53. The van der Waals surface area contributed by atoms with Crippen LogP contribution in [-0.2, 0) is 5.41 Å². The number of fused-ring (bicyclic) bond motifs is 5. The van der Waals surface area contributed by atoms with Crippen LogP contribution >= 0.6 is 0 Å². The fourth-order valence-electron chi connectivity index (χ4n) is 9.72. The Morgan fingerprint density at radius 1 is 0.267 bits per heavy atom. The minimum Gasteiger partial charge on any atom is -0.208 e. The molecule has 11 rings (SSSR count). The number of aromatic nitrogens is 3. The lowest BCUT2D eigenvalue weighted by molar-refractivity contribution is 0.353. The minimum atomic E-state index is 0.140. The molecule has 2 aliphatic carbocycles. The van der Waals surface area contributed by atoms with Crippen molar-refractivity contribution >= 4 is 0 Å². The van der Waals surface area contributed by atoms with E-state index in [1.54, 1.807) is 0 Å². The van der Waals surface area contributed by atoms with Crippen LogP contribution in [0.4, 0.5) is 0 Å². The molecular formula is C57H43N3. The van der Waals surface area contributed by atoms with Gasteiger partial charge in [0.15, 0.2) is 17.5 Å². The zero-order valence-corrected chi connectivity index (χ0v) is 33.4. The van der Waals surface area contributed by atoms with Crippen LogP contribution in [-0.4, -0.2) is 15.0 Å². The molecule has 8 aromatic carbocycles. The lowest BCUT2D eigenvalue weighted by atomic mass is 9.67. The summed E-state index contributed by atoms with van der Waals surface area (Å²) in [6.45, 7) is 0. The summed E-state index contributed by atoms with van der Waals surface area (Å²) < 4.78 is 0. The van der Waals surface area contributed by atoms with Gasteiger partial charge in [0.25, 0.3) is 0 Å². The van der Waals surface area contributed by atoms with Crippen LogP contribution in [0.3, 0.4) is 0 Å². The van der Waals surface area contributed by atoms with E-state index in [2.05, 4.69) is 176 Å². The average Bonchev–Trinajstić information content (AvgIpc) is 3.60. The van der Waals surface area contributed by atoms with E-state index < -0.39 is 0 Å². The van der Waals surface area contributed by atoms with Crippen molar-refractivity contribution < 1.29 is 0 Å². The number of benzene rings is 8. The molecule has 0 N–H and O–H groups in total. The van der Waals surface area contributed by atoms with Crippen molar-refractivity contribution in [3.05, 3.63) is 211 Å². The molecule has 286 valence electrons. The highest BCUT2D eigenvalue weighted by Gasteiger charge is 2.43. The zero-order chi connectivity index (χ0) is 39.9. The Labute approximate surface area is 352 Å². The van der Waals surface area contributed by atoms with Crippen molar-refractivity contribution in [1.29, 1.82) is 0 Å². The van der Waals surface area contributed by atoms with E-state index in [9.17, 15) is 0 Å². The van der Waals surface area contributed by atoms with Crippen molar-refractivity contribution in [3.63, 3.8) is 0 Å². The molecule has 2 aliphatic rings. The largest absolute Gasteiger partial charge is 0.208 e. The normalized spacial score (nSPS) is 13.8. The van der Waals surface area contributed by atoms with Crippen molar-refractivity contribution in [1.82, 2.24) is 15.0 Å². The summed E-state index contributed by atoms with van der Waals surface area (Å²) in [7, 11) is 0. The van der Waals surface area contributed by atoms with Gasteiger partial charge in [0.1, 0.15) is 0 Å². The SMILES string of the molecule is c1ccc(-c2ccc(-c3nc(-c4ccccc4)nc(-c4cccc(-c5cccc(-c6cccc(-c7ccc8c(c7)C7(CCCCC7)c7ccccc7-8)c6)c5)c4)n3)cc2)cc1. The first kappa shape index (κ1) is 35.9. The summed E-state index contributed by atoms with van der Waals surface area (Å²) in [4.78, 5) is 15.1. The molecule has 1 saturated carbocycles. The van der Waals surface area contributed by atoms with Crippen molar-refractivity contribution in [3.8, 4) is 89.8 Å². The predicted octanol–water partition coefficient (Wildman–Crippen LogP) is 14.8. The Bertz CT molecular complexity index is 3000. The summed E-state index contributed by atoms with van der Waals surface area (Å²) in [5.41, 5.74) is 18.4. The van der Waals surface area contributed by atoms with Crippen molar-refractivity contribution in [2.24, 2.45) is 0 Å². The van der Waals surface area contributed by atoms with Gasteiger partial charge >= 0.3 is 0 Å². The molecule has 1 heterocycles. The molecule has 0 saturated heterocycles. The highest BCUT2D eigenvalue weighted by Crippen LogP contribution is 2.56. The van der Waals surface area contributed by atoms with E-state index in [1.165, 1.54) is 82.2 Å². The van der Waals surface area contributed by atoms with E-state index in [4.69, 9.17) is 15.0 Å². The Hall–Kier alpha value is -7.23. The first-order valence-electron chi connectivity index (χ1n) is 21.2. The molecule has 1 fully saturated rings. The van der Waals surface area contributed by atoms with Crippen LogP contribution in [0.25, 0.3) is 89.8 Å². The van der Waals surface area contributed by atoms with Gasteiger partial charge < -0.3 is 0 Å². The second-order valence-corrected chi connectivity index (χ2v) is 16.3. The van der Waals surface area contributed by atoms with Gasteiger partial charge in [-0.25, -0.2) is 15.0 Å². The van der Waals surface area contributed by atoms with Crippen LogP contribution in [0.15, 0.2) is 200 Å². The Morgan fingerprint density at radius 2 is 0.650 bits per heavy atom. The lowest BCUT2D eigenvalue weighted by Crippen LogP contribution is -2.28. The summed E-state index contributed by atoms with van der Waals surface area (Å²) in [5, 5.41) is 0. The maximum Gasteiger partial charge on any atom is 0.164 e. The number of rotatable bonds is 7. The maximum absolute atomic E-state index is 5.08. The lowest BCUT2D eigenvalue weighted by Gasteiger charge is -2.36. The second kappa shape index (κ2) is 15.2. The molecule has 0 amide bonds. The number of nitrogens with zero attached hydrogens (tertiary/aromatic N) is 3. The summed E-state index contributed by atoms with van der Waals surface area (Å²) >= 11 is 0. The first-order valence-corrected chi connectivity index (χ1v) is 21.2. The maximum atomic E-state index is 5.08. The average molecular weight is 770 g/mol. The molecule has 9 aromatic rings. The van der Waals surface area contributed by atoms with Crippen LogP contribution in [0, 0.1) is 0 Å². The molecule has 1 aromatic heterocycles. The van der Waals surface area contributed by atoms with E-state index in [1.807, 2.05) is 24.3 Å². The van der Waals surface area contributed by atoms with Gasteiger partial charge in [0.05, 0.1) is 0 Å². The Balaban J connectivity index is 0.923. The first-order chi connectivity index (χ1) is 29.7. The molecule has 0 radical (unpaired) electrons. The molecular weight excluding hydrogens is 727 g/mol. The third-order valence-corrected chi connectivity index (χ3v) is 12.7. The molecule has 60 heavy (non-hydrogen) atoms. The highest BCUT2D eigenvalue weighted by molar-refractivity contribution is 5.85. The van der Waals surface area contributed by atoms with Gasteiger partial charge in [-0.2, -0.15) is 0 Å². The fraction of sp³-hybridized carbons (Fsp3) is 0.105. The highest BCUT2D eigenvalue weighted by atomic mass is 15.0.